The summed E-state index contributed by atoms with van der Waals surface area (Å²) in [5.41, 5.74) is 4.53. The van der Waals surface area contributed by atoms with E-state index in [2.05, 4.69) is 46.1 Å². The summed E-state index contributed by atoms with van der Waals surface area (Å²) in [5.74, 6) is 1.02. The molecule has 0 unspecified atom stereocenters. The van der Waals surface area contributed by atoms with E-state index in [0.717, 1.165) is 24.3 Å². The van der Waals surface area contributed by atoms with Crippen LogP contribution in [0.3, 0.4) is 0 Å². The first-order valence-corrected chi connectivity index (χ1v) is 10.3. The average molecular weight is 420 g/mol. The van der Waals surface area contributed by atoms with Crippen LogP contribution in [0.4, 0.5) is 0 Å². The van der Waals surface area contributed by atoms with Gasteiger partial charge in [0, 0.05) is 31.0 Å². The fourth-order valence-electron chi connectivity index (χ4n) is 3.71. The second-order valence-corrected chi connectivity index (χ2v) is 7.88. The average Bonchev–Trinajstić information content (AvgIpc) is 3.40. The maximum absolute atomic E-state index is 13.0. The molecule has 160 valence electrons. The molecule has 9 heteroatoms. The molecular weight excluding hydrogens is 396 g/mol. The number of morpholine rings is 1. The molecule has 4 aromatic rings. The van der Waals surface area contributed by atoms with E-state index in [-0.39, 0.29) is 12.1 Å². The number of aryl methyl sites for hydroxylation is 2. The Labute approximate surface area is 178 Å². The zero-order chi connectivity index (χ0) is 21.4. The number of benzene rings is 1. The van der Waals surface area contributed by atoms with Crippen molar-refractivity contribution in [2.45, 2.75) is 26.9 Å². The summed E-state index contributed by atoms with van der Waals surface area (Å²) < 4.78 is 13.9. The van der Waals surface area contributed by atoms with Crippen LogP contribution in [0.5, 0.6) is 0 Å². The Hall–Kier alpha value is -3.30. The van der Waals surface area contributed by atoms with Crippen molar-refractivity contribution in [3.05, 3.63) is 69.9 Å². The van der Waals surface area contributed by atoms with Crippen molar-refractivity contribution in [1.82, 2.24) is 29.2 Å². The smallest absolute Gasteiger partial charge is 0.277 e. The predicted molar refractivity (Wildman–Crippen MR) is 114 cm³/mol. The van der Waals surface area contributed by atoms with Crippen LogP contribution in [0.25, 0.3) is 16.8 Å². The molecule has 0 N–H and O–H groups in total. The first-order chi connectivity index (χ1) is 15.1. The predicted octanol–water partition coefficient (Wildman–Crippen LogP) is 2.04. The lowest BCUT2D eigenvalue weighted by atomic mass is 10.0. The number of aromatic nitrogens is 5. The van der Waals surface area contributed by atoms with Crippen molar-refractivity contribution in [3.63, 3.8) is 0 Å². The van der Waals surface area contributed by atoms with Crippen LogP contribution in [-0.2, 0) is 17.8 Å². The summed E-state index contributed by atoms with van der Waals surface area (Å²) in [6.07, 6.45) is 3.47. The van der Waals surface area contributed by atoms with Crippen molar-refractivity contribution >= 4 is 5.52 Å². The summed E-state index contributed by atoms with van der Waals surface area (Å²) in [6, 6.07) is 8.00. The van der Waals surface area contributed by atoms with E-state index in [1.807, 2.05) is 12.1 Å². The minimum absolute atomic E-state index is 0.149. The van der Waals surface area contributed by atoms with Crippen molar-refractivity contribution in [3.8, 4) is 11.3 Å². The van der Waals surface area contributed by atoms with Gasteiger partial charge < -0.3 is 13.8 Å². The Morgan fingerprint density at radius 2 is 1.87 bits per heavy atom. The van der Waals surface area contributed by atoms with Gasteiger partial charge in [-0.3, -0.25) is 9.69 Å². The number of nitrogens with zero attached hydrogens (tertiary/aromatic N) is 6. The molecule has 1 saturated heterocycles. The highest BCUT2D eigenvalue weighted by molar-refractivity contribution is 5.66. The molecule has 0 bridgehead atoms. The molecule has 1 fully saturated rings. The zero-order valence-electron chi connectivity index (χ0n) is 17.6. The van der Waals surface area contributed by atoms with Gasteiger partial charge in [-0.25, -0.2) is 4.52 Å². The van der Waals surface area contributed by atoms with Gasteiger partial charge in [0.05, 0.1) is 32.0 Å². The topological polar surface area (TPSA) is 90.7 Å². The molecule has 4 heterocycles. The van der Waals surface area contributed by atoms with Crippen molar-refractivity contribution in [2.24, 2.45) is 0 Å². The number of hydrogen-bond donors (Lipinski definition) is 0. The highest BCUT2D eigenvalue weighted by Gasteiger charge is 2.16. The van der Waals surface area contributed by atoms with Gasteiger partial charge >= 0.3 is 0 Å². The molecule has 0 aliphatic carbocycles. The summed E-state index contributed by atoms with van der Waals surface area (Å²) in [7, 11) is 0. The number of rotatable bonds is 5. The van der Waals surface area contributed by atoms with Crippen molar-refractivity contribution in [2.75, 3.05) is 26.3 Å². The van der Waals surface area contributed by atoms with Crippen LogP contribution in [0.2, 0.25) is 0 Å². The van der Waals surface area contributed by atoms with Gasteiger partial charge in [-0.15, -0.1) is 0 Å². The molecule has 3 aromatic heterocycles. The summed E-state index contributed by atoms with van der Waals surface area (Å²) >= 11 is 0. The maximum atomic E-state index is 13.0. The quantitative estimate of drug-likeness (QED) is 0.488. The minimum atomic E-state index is -0.149. The summed E-state index contributed by atoms with van der Waals surface area (Å²) in [5, 5.41) is 8.61. The molecular formula is C22H24N6O3. The molecule has 0 spiro atoms. The Bertz CT molecular complexity index is 1280. The van der Waals surface area contributed by atoms with Gasteiger partial charge in [0.15, 0.2) is 5.82 Å². The molecule has 0 amide bonds. The van der Waals surface area contributed by atoms with Crippen LogP contribution in [0, 0.1) is 13.8 Å². The number of ether oxygens (including phenoxy) is 1. The van der Waals surface area contributed by atoms with Gasteiger partial charge in [-0.2, -0.15) is 10.1 Å². The molecule has 1 aliphatic heterocycles. The summed E-state index contributed by atoms with van der Waals surface area (Å²) in [4.78, 5) is 19.7. The highest BCUT2D eigenvalue weighted by atomic mass is 16.5. The van der Waals surface area contributed by atoms with E-state index < -0.39 is 0 Å². The normalized spacial score (nSPS) is 15.0. The number of fused-ring (bicyclic) bond motifs is 1. The van der Waals surface area contributed by atoms with Gasteiger partial charge in [0.2, 0.25) is 5.89 Å². The second kappa shape index (κ2) is 8.09. The molecule has 0 saturated carbocycles. The molecule has 5 rings (SSSR count). The van der Waals surface area contributed by atoms with Gasteiger partial charge in [-0.05, 0) is 37.1 Å². The van der Waals surface area contributed by atoms with E-state index in [0.29, 0.717) is 37.0 Å². The second-order valence-electron chi connectivity index (χ2n) is 7.88. The van der Waals surface area contributed by atoms with Gasteiger partial charge in [0.1, 0.15) is 5.52 Å². The lowest BCUT2D eigenvalue weighted by Gasteiger charge is -2.24. The van der Waals surface area contributed by atoms with E-state index in [1.165, 1.54) is 11.1 Å². The summed E-state index contributed by atoms with van der Waals surface area (Å²) in [6.45, 7) is 8.09. The van der Waals surface area contributed by atoms with Crippen molar-refractivity contribution < 1.29 is 9.26 Å². The fraction of sp³-hybridized carbons (Fsp3) is 0.364. The lowest BCUT2D eigenvalue weighted by Crippen LogP contribution is -2.35. The van der Waals surface area contributed by atoms with Crippen molar-refractivity contribution in [1.29, 1.82) is 0 Å². The van der Waals surface area contributed by atoms with E-state index in [1.54, 1.807) is 21.5 Å². The Balaban J connectivity index is 1.37. The van der Waals surface area contributed by atoms with Crippen LogP contribution in [-0.4, -0.2) is 55.5 Å². The molecule has 1 aliphatic rings. The van der Waals surface area contributed by atoms with Gasteiger partial charge in [-0.1, -0.05) is 17.3 Å². The number of hydrogen-bond acceptors (Lipinski definition) is 7. The van der Waals surface area contributed by atoms with Crippen LogP contribution < -0.4 is 5.56 Å². The maximum Gasteiger partial charge on any atom is 0.277 e. The fourth-order valence-corrected chi connectivity index (χ4v) is 3.71. The third kappa shape index (κ3) is 4.01. The molecule has 0 radical (unpaired) electrons. The Kier molecular flexibility index (Phi) is 5.13. The standard InChI is InChI=1S/C22H24N6O3/c1-15-3-4-17(11-16(15)2)18-12-19-22(29)27(5-6-28(19)24-18)13-20-23-21(31-25-20)14-26-7-9-30-10-8-26/h3-6,11-12H,7-10,13-14H2,1-2H3. The van der Waals surface area contributed by atoms with Gasteiger partial charge in [0.25, 0.3) is 5.56 Å². The monoisotopic (exact) mass is 420 g/mol. The van der Waals surface area contributed by atoms with E-state index in [4.69, 9.17) is 9.26 Å². The molecule has 1 aromatic carbocycles. The van der Waals surface area contributed by atoms with Crippen LogP contribution in [0.1, 0.15) is 22.8 Å². The SMILES string of the molecule is Cc1ccc(-c2cc3c(=O)n(Cc4noc(CN5CCOCC5)n4)ccn3n2)cc1C. The minimum Gasteiger partial charge on any atom is -0.379 e. The van der Waals surface area contributed by atoms with Crippen LogP contribution >= 0.6 is 0 Å². The van der Waals surface area contributed by atoms with E-state index >= 15 is 0 Å². The van der Waals surface area contributed by atoms with E-state index in [9.17, 15) is 4.79 Å². The molecule has 31 heavy (non-hydrogen) atoms. The Morgan fingerprint density at radius 3 is 2.68 bits per heavy atom. The zero-order valence-corrected chi connectivity index (χ0v) is 17.6. The Morgan fingerprint density at radius 1 is 1.03 bits per heavy atom. The third-order valence-electron chi connectivity index (χ3n) is 5.69. The first-order valence-electron chi connectivity index (χ1n) is 10.3. The first kappa shape index (κ1) is 19.7. The third-order valence-corrected chi connectivity index (χ3v) is 5.69. The lowest BCUT2D eigenvalue weighted by molar-refractivity contribution is 0.0297. The largest absolute Gasteiger partial charge is 0.379 e. The molecule has 0 atom stereocenters. The van der Waals surface area contributed by atoms with Crippen LogP contribution in [0.15, 0.2) is 46.0 Å². The highest BCUT2D eigenvalue weighted by Crippen LogP contribution is 2.21. The molecule has 9 nitrogen and oxygen atoms in total.